The Balaban J connectivity index is 1.78. The third-order valence-corrected chi connectivity index (χ3v) is 6.47. The molecular weight excluding hydrogens is 454 g/mol. The first-order chi connectivity index (χ1) is 16.4. The maximum Gasteiger partial charge on any atom is 0.404 e. The number of halogens is 2. The molecule has 8 heteroatoms. The third-order valence-electron chi connectivity index (χ3n) is 6.47. The van der Waals surface area contributed by atoms with E-state index in [1.165, 1.54) is 11.1 Å². The van der Waals surface area contributed by atoms with E-state index >= 15 is 0 Å². The summed E-state index contributed by atoms with van der Waals surface area (Å²) < 4.78 is 27.2. The van der Waals surface area contributed by atoms with Gasteiger partial charge in [0.05, 0.1) is 12.1 Å². The lowest BCUT2D eigenvalue weighted by Crippen LogP contribution is -2.49. The molecule has 4 atom stereocenters. The van der Waals surface area contributed by atoms with Gasteiger partial charge in [0.1, 0.15) is 11.6 Å². The second-order valence-electron chi connectivity index (χ2n) is 10.7. The van der Waals surface area contributed by atoms with Crippen LogP contribution in [-0.2, 0) is 19.3 Å². The molecule has 2 aromatic rings. The first-order valence-electron chi connectivity index (χ1n) is 12.0. The van der Waals surface area contributed by atoms with Crippen LogP contribution in [-0.4, -0.2) is 46.7 Å². The fraction of sp³-hybridized carbons (Fsp3) is 0.519. The molecule has 1 aliphatic rings. The number of carboxylic acid groups (broad SMARTS) is 1. The van der Waals surface area contributed by atoms with Gasteiger partial charge in [0.25, 0.3) is 0 Å². The molecule has 192 valence electrons. The maximum absolute atomic E-state index is 13.6. The van der Waals surface area contributed by atoms with Crippen LogP contribution < -0.4 is 10.6 Å². The van der Waals surface area contributed by atoms with Gasteiger partial charge in [-0.25, -0.2) is 13.6 Å². The SMILES string of the molecule is CC(C)(C)Cc1ccc2c(c1)[C@@H](NC[C@H](O)[C@H](Cc1cc(F)cc(F)c1)NC(=O)O)C(CO)CC2. The number of rotatable bonds is 9. The molecule has 0 fully saturated rings. The van der Waals surface area contributed by atoms with E-state index in [1.807, 2.05) is 0 Å². The van der Waals surface area contributed by atoms with E-state index in [2.05, 4.69) is 49.6 Å². The van der Waals surface area contributed by atoms with Crippen LogP contribution in [0.3, 0.4) is 0 Å². The lowest BCUT2D eigenvalue weighted by molar-refractivity contribution is 0.105. The number of fused-ring (bicyclic) bond motifs is 1. The zero-order chi connectivity index (χ0) is 25.8. The van der Waals surface area contributed by atoms with Crippen molar-refractivity contribution in [2.75, 3.05) is 13.2 Å². The predicted molar refractivity (Wildman–Crippen MR) is 130 cm³/mol. The largest absolute Gasteiger partial charge is 0.465 e. The van der Waals surface area contributed by atoms with Crippen molar-refractivity contribution < 1.29 is 28.9 Å². The van der Waals surface area contributed by atoms with Crippen LogP contribution in [0.2, 0.25) is 0 Å². The number of benzene rings is 2. The van der Waals surface area contributed by atoms with Gasteiger partial charge in [-0.3, -0.25) is 0 Å². The minimum absolute atomic E-state index is 0.0178. The highest BCUT2D eigenvalue weighted by Gasteiger charge is 2.31. The number of nitrogens with one attached hydrogen (secondary N) is 2. The maximum atomic E-state index is 13.6. The summed E-state index contributed by atoms with van der Waals surface area (Å²) in [5, 5.41) is 35.7. The number of aliphatic hydroxyl groups is 2. The average molecular weight is 491 g/mol. The molecule has 0 aromatic heterocycles. The van der Waals surface area contributed by atoms with Gasteiger partial charge >= 0.3 is 6.09 Å². The Morgan fingerprint density at radius 3 is 2.40 bits per heavy atom. The number of amides is 1. The Bertz CT molecular complexity index is 1000. The van der Waals surface area contributed by atoms with Crippen LogP contribution in [0, 0.1) is 23.0 Å². The molecule has 1 amide bonds. The lowest BCUT2D eigenvalue weighted by atomic mass is 9.78. The van der Waals surface area contributed by atoms with Crippen molar-refractivity contribution in [1.29, 1.82) is 0 Å². The molecule has 0 aliphatic heterocycles. The summed E-state index contributed by atoms with van der Waals surface area (Å²) in [7, 11) is 0. The second kappa shape index (κ2) is 11.5. The third kappa shape index (κ3) is 7.72. The fourth-order valence-corrected chi connectivity index (χ4v) is 4.93. The fourth-order valence-electron chi connectivity index (χ4n) is 4.93. The number of aliphatic hydroxyl groups excluding tert-OH is 2. The van der Waals surface area contributed by atoms with E-state index in [-0.39, 0.29) is 42.5 Å². The quantitative estimate of drug-likeness (QED) is 0.366. The van der Waals surface area contributed by atoms with E-state index in [9.17, 15) is 28.9 Å². The normalized spacial score (nSPS) is 19.6. The van der Waals surface area contributed by atoms with Gasteiger partial charge in [0, 0.05) is 31.2 Å². The summed E-state index contributed by atoms with van der Waals surface area (Å²) in [6.45, 7) is 6.54. The number of carbonyl (C=O) groups is 1. The summed E-state index contributed by atoms with van der Waals surface area (Å²) in [4.78, 5) is 11.3. The molecule has 1 aliphatic carbocycles. The van der Waals surface area contributed by atoms with Gasteiger partial charge in [-0.15, -0.1) is 0 Å². The molecular formula is C27H36F2N2O4. The van der Waals surface area contributed by atoms with Gasteiger partial charge in [-0.2, -0.15) is 0 Å². The predicted octanol–water partition coefficient (Wildman–Crippen LogP) is 3.98. The Morgan fingerprint density at radius 2 is 1.80 bits per heavy atom. The van der Waals surface area contributed by atoms with E-state index in [0.717, 1.165) is 43.0 Å². The monoisotopic (exact) mass is 490 g/mol. The molecule has 1 unspecified atom stereocenters. The van der Waals surface area contributed by atoms with Gasteiger partial charge in [-0.1, -0.05) is 39.0 Å². The number of aryl methyl sites for hydroxylation is 1. The van der Waals surface area contributed by atoms with Crippen molar-refractivity contribution in [1.82, 2.24) is 10.6 Å². The summed E-state index contributed by atoms with van der Waals surface area (Å²) in [6.07, 6.45) is -0.0482. The minimum Gasteiger partial charge on any atom is -0.465 e. The first kappa shape index (κ1) is 27.0. The molecule has 3 rings (SSSR count). The molecule has 0 spiro atoms. The Labute approximate surface area is 205 Å². The topological polar surface area (TPSA) is 102 Å². The van der Waals surface area contributed by atoms with Gasteiger partial charge < -0.3 is 26.0 Å². The van der Waals surface area contributed by atoms with Crippen molar-refractivity contribution in [3.05, 3.63) is 70.3 Å². The Morgan fingerprint density at radius 1 is 1.11 bits per heavy atom. The Kier molecular flexibility index (Phi) is 8.85. The van der Waals surface area contributed by atoms with Crippen molar-refractivity contribution >= 4 is 6.09 Å². The van der Waals surface area contributed by atoms with E-state index in [1.54, 1.807) is 0 Å². The van der Waals surface area contributed by atoms with Crippen LogP contribution in [0.4, 0.5) is 13.6 Å². The highest BCUT2D eigenvalue weighted by molar-refractivity contribution is 5.65. The van der Waals surface area contributed by atoms with Crippen LogP contribution in [0.5, 0.6) is 0 Å². The van der Waals surface area contributed by atoms with Gasteiger partial charge in [0.15, 0.2) is 0 Å². The van der Waals surface area contributed by atoms with Gasteiger partial charge in [-0.05, 0) is 65.5 Å². The number of hydrogen-bond acceptors (Lipinski definition) is 4. The molecule has 0 heterocycles. The zero-order valence-electron chi connectivity index (χ0n) is 20.5. The summed E-state index contributed by atoms with van der Waals surface area (Å²) >= 11 is 0. The smallest absolute Gasteiger partial charge is 0.404 e. The molecule has 6 nitrogen and oxygen atoms in total. The first-order valence-corrected chi connectivity index (χ1v) is 12.0. The van der Waals surface area contributed by atoms with Gasteiger partial charge in [0.2, 0.25) is 0 Å². The molecule has 2 aromatic carbocycles. The lowest BCUT2D eigenvalue weighted by Gasteiger charge is -2.35. The average Bonchev–Trinajstić information content (AvgIpc) is 2.74. The van der Waals surface area contributed by atoms with Crippen LogP contribution in [0.1, 0.15) is 55.5 Å². The molecule has 0 bridgehead atoms. The molecule has 0 saturated carbocycles. The van der Waals surface area contributed by atoms with Crippen molar-refractivity contribution in [2.45, 2.75) is 64.6 Å². The minimum atomic E-state index is -1.34. The Hall–Kier alpha value is -2.55. The summed E-state index contributed by atoms with van der Waals surface area (Å²) in [6, 6.07) is 8.22. The van der Waals surface area contributed by atoms with Crippen LogP contribution in [0.15, 0.2) is 36.4 Å². The zero-order valence-corrected chi connectivity index (χ0v) is 20.5. The van der Waals surface area contributed by atoms with Crippen LogP contribution >= 0.6 is 0 Å². The molecule has 0 saturated heterocycles. The molecule has 35 heavy (non-hydrogen) atoms. The second-order valence-corrected chi connectivity index (χ2v) is 10.7. The standard InChI is InChI=1S/C27H36F2N2O4/c1-27(2,3)13-16-4-5-18-6-7-19(15-32)25(22(18)10-16)30-14-24(33)23(31-26(34)35)11-17-8-20(28)12-21(29)9-17/h4-5,8-10,12,19,23-25,30-33H,6-7,11,13-15H2,1-3H3,(H,34,35)/t19?,23-,24-,25-/m0/s1. The molecule has 5 N–H and O–H groups in total. The van der Waals surface area contributed by atoms with E-state index in [0.29, 0.717) is 0 Å². The van der Waals surface area contributed by atoms with Crippen molar-refractivity contribution in [2.24, 2.45) is 11.3 Å². The molecule has 0 radical (unpaired) electrons. The van der Waals surface area contributed by atoms with Crippen molar-refractivity contribution in [3.8, 4) is 0 Å². The highest BCUT2D eigenvalue weighted by Crippen LogP contribution is 2.36. The van der Waals surface area contributed by atoms with Crippen LogP contribution in [0.25, 0.3) is 0 Å². The summed E-state index contributed by atoms with van der Waals surface area (Å²) in [5.74, 6) is -1.59. The van der Waals surface area contributed by atoms with Crippen molar-refractivity contribution in [3.63, 3.8) is 0 Å². The summed E-state index contributed by atoms with van der Waals surface area (Å²) in [5.41, 5.74) is 3.82. The van der Waals surface area contributed by atoms with E-state index in [4.69, 9.17) is 0 Å². The van der Waals surface area contributed by atoms with E-state index < -0.39 is 29.9 Å². The highest BCUT2D eigenvalue weighted by atomic mass is 19.1. The number of hydrogen-bond donors (Lipinski definition) is 5.